The van der Waals surface area contributed by atoms with Gasteiger partial charge in [0.15, 0.2) is 0 Å². The molecule has 0 saturated heterocycles. The van der Waals surface area contributed by atoms with Crippen LogP contribution in [0.4, 0.5) is 0 Å². The number of amides is 2. The number of primary amides is 1. The fourth-order valence-electron chi connectivity index (χ4n) is 3.43. The van der Waals surface area contributed by atoms with E-state index in [4.69, 9.17) is 5.73 Å². The lowest BCUT2D eigenvalue weighted by atomic mass is 9.92. The predicted octanol–water partition coefficient (Wildman–Crippen LogP) is 1.41. The summed E-state index contributed by atoms with van der Waals surface area (Å²) in [6, 6.07) is 8.97. The third kappa shape index (κ3) is 2.99. The van der Waals surface area contributed by atoms with Gasteiger partial charge < -0.3 is 11.1 Å². The number of rotatable bonds is 5. The van der Waals surface area contributed by atoms with E-state index in [1.54, 1.807) is 0 Å². The molecule has 4 heteroatoms. The Morgan fingerprint density at radius 2 is 1.95 bits per heavy atom. The summed E-state index contributed by atoms with van der Waals surface area (Å²) in [5, 5.41) is 2.84. The van der Waals surface area contributed by atoms with Gasteiger partial charge in [0.1, 0.15) is 6.04 Å². The Kier molecular flexibility index (Phi) is 3.78. The lowest BCUT2D eigenvalue weighted by Crippen LogP contribution is -2.48. The lowest BCUT2D eigenvalue weighted by molar-refractivity contribution is -0.130. The van der Waals surface area contributed by atoms with Crippen molar-refractivity contribution in [3.63, 3.8) is 0 Å². The van der Waals surface area contributed by atoms with Crippen LogP contribution in [0, 0.1) is 17.8 Å². The fraction of sp³-hybridized carbons (Fsp3) is 0.412. The van der Waals surface area contributed by atoms with E-state index in [9.17, 15) is 9.59 Å². The van der Waals surface area contributed by atoms with E-state index < -0.39 is 11.9 Å². The van der Waals surface area contributed by atoms with Crippen LogP contribution in [-0.4, -0.2) is 17.9 Å². The maximum Gasteiger partial charge on any atom is 0.240 e. The minimum absolute atomic E-state index is 0.00220. The third-order valence-electron chi connectivity index (χ3n) is 4.56. The number of fused-ring (bicyclic) bond motifs is 2. The van der Waals surface area contributed by atoms with Crippen molar-refractivity contribution in [2.45, 2.75) is 25.3 Å². The zero-order chi connectivity index (χ0) is 14.8. The summed E-state index contributed by atoms with van der Waals surface area (Å²) in [6.07, 6.45) is 6.74. The van der Waals surface area contributed by atoms with Crippen molar-refractivity contribution in [1.29, 1.82) is 0 Å². The first-order valence-corrected chi connectivity index (χ1v) is 7.45. The molecular formula is C17H20N2O2. The SMILES string of the molecule is NC(=O)[C@@H](Cc1ccccc1)NC(=O)[C@H]1C[C@H]2C=C[C@H]1C2. The van der Waals surface area contributed by atoms with E-state index in [1.807, 2.05) is 30.3 Å². The highest BCUT2D eigenvalue weighted by Crippen LogP contribution is 2.43. The van der Waals surface area contributed by atoms with E-state index in [2.05, 4.69) is 17.5 Å². The van der Waals surface area contributed by atoms with Gasteiger partial charge in [-0.1, -0.05) is 42.5 Å². The minimum atomic E-state index is -0.636. The number of allylic oxidation sites excluding steroid dienone is 2. The van der Waals surface area contributed by atoms with E-state index >= 15 is 0 Å². The minimum Gasteiger partial charge on any atom is -0.368 e. The number of hydrogen-bond donors (Lipinski definition) is 2. The van der Waals surface area contributed by atoms with Crippen LogP contribution in [-0.2, 0) is 16.0 Å². The smallest absolute Gasteiger partial charge is 0.240 e. The summed E-state index contributed by atoms with van der Waals surface area (Å²) in [6.45, 7) is 0. The van der Waals surface area contributed by atoms with Gasteiger partial charge in [-0.2, -0.15) is 0 Å². The van der Waals surface area contributed by atoms with Crippen molar-refractivity contribution in [2.75, 3.05) is 0 Å². The van der Waals surface area contributed by atoms with Crippen molar-refractivity contribution >= 4 is 11.8 Å². The standard InChI is InChI=1S/C17H20N2O2/c18-16(20)15(10-11-4-2-1-3-5-11)19-17(21)14-9-12-6-7-13(14)8-12/h1-7,12-15H,8-10H2,(H2,18,20)(H,19,21)/t12-,13-,14-,15+/m0/s1. The molecule has 4 nitrogen and oxygen atoms in total. The van der Waals surface area contributed by atoms with Gasteiger partial charge in [0.25, 0.3) is 0 Å². The van der Waals surface area contributed by atoms with Crippen molar-refractivity contribution in [2.24, 2.45) is 23.5 Å². The third-order valence-corrected chi connectivity index (χ3v) is 4.56. The highest BCUT2D eigenvalue weighted by Gasteiger charge is 2.40. The summed E-state index contributed by atoms with van der Waals surface area (Å²) < 4.78 is 0. The zero-order valence-corrected chi connectivity index (χ0v) is 11.9. The Bertz CT molecular complexity index is 567. The highest BCUT2D eigenvalue weighted by atomic mass is 16.2. The summed E-state index contributed by atoms with van der Waals surface area (Å²) >= 11 is 0. The second kappa shape index (κ2) is 5.72. The van der Waals surface area contributed by atoms with Crippen LogP contribution in [0.1, 0.15) is 18.4 Å². The lowest BCUT2D eigenvalue weighted by Gasteiger charge is -2.21. The highest BCUT2D eigenvalue weighted by molar-refractivity contribution is 5.88. The average Bonchev–Trinajstić information content (AvgIpc) is 3.10. The van der Waals surface area contributed by atoms with E-state index in [1.165, 1.54) is 0 Å². The Balaban J connectivity index is 1.64. The maximum absolute atomic E-state index is 12.4. The Labute approximate surface area is 124 Å². The quantitative estimate of drug-likeness (QED) is 0.802. The van der Waals surface area contributed by atoms with Crippen LogP contribution >= 0.6 is 0 Å². The molecule has 2 amide bonds. The van der Waals surface area contributed by atoms with E-state index in [0.29, 0.717) is 18.3 Å². The number of carbonyl (C=O) groups is 2. The summed E-state index contributed by atoms with van der Waals surface area (Å²) in [5.74, 6) is 0.349. The monoisotopic (exact) mass is 284 g/mol. The molecule has 1 saturated carbocycles. The molecule has 4 atom stereocenters. The van der Waals surface area contributed by atoms with Crippen LogP contribution < -0.4 is 11.1 Å². The van der Waals surface area contributed by atoms with Gasteiger partial charge in [0.05, 0.1) is 0 Å². The summed E-state index contributed by atoms with van der Waals surface area (Å²) in [7, 11) is 0. The van der Waals surface area contributed by atoms with Gasteiger partial charge in [-0.15, -0.1) is 0 Å². The van der Waals surface area contributed by atoms with E-state index in [-0.39, 0.29) is 11.8 Å². The molecule has 0 aliphatic heterocycles. The van der Waals surface area contributed by atoms with Gasteiger partial charge in [0.2, 0.25) is 11.8 Å². The molecule has 110 valence electrons. The van der Waals surface area contributed by atoms with Crippen molar-refractivity contribution in [3.8, 4) is 0 Å². The molecule has 0 heterocycles. The molecule has 3 N–H and O–H groups in total. The second-order valence-corrected chi connectivity index (χ2v) is 6.04. The summed E-state index contributed by atoms with van der Waals surface area (Å²) in [5.41, 5.74) is 6.43. The van der Waals surface area contributed by atoms with Crippen molar-refractivity contribution in [1.82, 2.24) is 5.32 Å². The molecule has 2 bridgehead atoms. The first-order valence-electron chi connectivity index (χ1n) is 7.45. The van der Waals surface area contributed by atoms with Crippen LogP contribution in [0.15, 0.2) is 42.5 Å². The number of nitrogens with one attached hydrogen (secondary N) is 1. The first kappa shape index (κ1) is 13.9. The van der Waals surface area contributed by atoms with Gasteiger partial charge in [-0.3, -0.25) is 9.59 Å². The molecule has 1 fully saturated rings. The van der Waals surface area contributed by atoms with E-state index in [0.717, 1.165) is 18.4 Å². The Morgan fingerprint density at radius 1 is 1.19 bits per heavy atom. The molecule has 3 rings (SSSR count). The molecule has 0 radical (unpaired) electrons. The topological polar surface area (TPSA) is 72.2 Å². The molecule has 2 aliphatic carbocycles. The van der Waals surface area contributed by atoms with Crippen LogP contribution in [0.3, 0.4) is 0 Å². The van der Waals surface area contributed by atoms with Crippen molar-refractivity contribution < 1.29 is 9.59 Å². The Hall–Kier alpha value is -2.10. The second-order valence-electron chi connectivity index (χ2n) is 6.04. The van der Waals surface area contributed by atoms with Crippen LogP contribution in [0.2, 0.25) is 0 Å². The number of nitrogens with two attached hydrogens (primary N) is 1. The molecule has 1 aromatic rings. The summed E-state index contributed by atoms with van der Waals surface area (Å²) in [4.78, 5) is 24.0. The maximum atomic E-state index is 12.4. The van der Waals surface area contributed by atoms with Crippen molar-refractivity contribution in [3.05, 3.63) is 48.0 Å². The largest absolute Gasteiger partial charge is 0.368 e. The van der Waals surface area contributed by atoms with Gasteiger partial charge in [-0.05, 0) is 30.2 Å². The number of carbonyl (C=O) groups excluding carboxylic acids is 2. The zero-order valence-electron chi connectivity index (χ0n) is 11.9. The Morgan fingerprint density at radius 3 is 2.52 bits per heavy atom. The number of hydrogen-bond acceptors (Lipinski definition) is 2. The normalized spacial score (nSPS) is 27.5. The van der Waals surface area contributed by atoms with Gasteiger partial charge >= 0.3 is 0 Å². The predicted molar refractivity (Wildman–Crippen MR) is 80.1 cm³/mol. The van der Waals surface area contributed by atoms with Gasteiger partial charge in [-0.25, -0.2) is 0 Å². The molecule has 2 aliphatic rings. The molecule has 0 unspecified atom stereocenters. The fourth-order valence-corrected chi connectivity index (χ4v) is 3.43. The van der Waals surface area contributed by atoms with Gasteiger partial charge in [0, 0.05) is 12.3 Å². The average molecular weight is 284 g/mol. The van der Waals surface area contributed by atoms with Crippen LogP contribution in [0.25, 0.3) is 0 Å². The van der Waals surface area contributed by atoms with Crippen LogP contribution in [0.5, 0.6) is 0 Å². The number of benzene rings is 1. The molecule has 21 heavy (non-hydrogen) atoms. The molecule has 0 spiro atoms. The molecule has 1 aromatic carbocycles. The molecule has 0 aromatic heterocycles. The first-order chi connectivity index (χ1) is 10.1. The molecular weight excluding hydrogens is 264 g/mol.